The zero-order valence-electron chi connectivity index (χ0n) is 15.2. The van der Waals surface area contributed by atoms with Crippen LogP contribution in [0.2, 0.25) is 0 Å². The molecular formula is C20H18F4N2O3. The minimum atomic E-state index is -3.25. The van der Waals surface area contributed by atoms with Crippen LogP contribution in [0.4, 0.5) is 17.6 Å². The van der Waals surface area contributed by atoms with Crippen LogP contribution in [0.15, 0.2) is 41.6 Å². The standard InChI is InChI=1S/C20H18F4N2O3/c21-14-7-8-15(29-20(23)24)17(18(14)22)19(26-28-10-12-1-2-12)13-5-3-11(4-6-13)9-16(25)27/h3-8,12,20H,1-2,9-10H2,(H2,25,27)/b26-19+. The maximum atomic E-state index is 14.6. The lowest BCUT2D eigenvalue weighted by Gasteiger charge is -2.14. The number of hydrogen-bond donors (Lipinski definition) is 1. The Morgan fingerprint density at radius 1 is 1.14 bits per heavy atom. The molecule has 0 unspecified atom stereocenters. The molecule has 1 fully saturated rings. The predicted octanol–water partition coefficient (Wildman–Crippen LogP) is 3.77. The van der Waals surface area contributed by atoms with E-state index in [9.17, 15) is 22.4 Å². The first kappa shape index (κ1) is 20.6. The van der Waals surface area contributed by atoms with Crippen molar-refractivity contribution in [2.24, 2.45) is 16.8 Å². The first-order valence-electron chi connectivity index (χ1n) is 8.86. The van der Waals surface area contributed by atoms with Crippen LogP contribution in [-0.4, -0.2) is 24.8 Å². The molecule has 0 saturated heterocycles. The topological polar surface area (TPSA) is 73.9 Å². The van der Waals surface area contributed by atoms with Gasteiger partial charge in [-0.25, -0.2) is 8.78 Å². The highest BCUT2D eigenvalue weighted by Crippen LogP contribution is 2.31. The molecule has 5 nitrogen and oxygen atoms in total. The van der Waals surface area contributed by atoms with E-state index < -0.39 is 35.5 Å². The number of primary amides is 1. The molecule has 0 spiro atoms. The third kappa shape index (κ3) is 5.46. The summed E-state index contributed by atoms with van der Waals surface area (Å²) in [6, 6.07) is 7.64. The van der Waals surface area contributed by atoms with Gasteiger partial charge in [-0.05, 0) is 36.5 Å². The second-order valence-corrected chi connectivity index (χ2v) is 6.63. The Bertz CT molecular complexity index is 913. The second kappa shape index (κ2) is 8.93. The van der Waals surface area contributed by atoms with E-state index in [4.69, 9.17) is 10.6 Å². The van der Waals surface area contributed by atoms with Crippen LogP contribution in [-0.2, 0) is 16.1 Å². The zero-order valence-corrected chi connectivity index (χ0v) is 15.2. The molecule has 0 atom stereocenters. The fraction of sp³-hybridized carbons (Fsp3) is 0.300. The summed E-state index contributed by atoms with van der Waals surface area (Å²) in [5.41, 5.74) is 5.22. The number of benzene rings is 2. The van der Waals surface area contributed by atoms with E-state index in [0.717, 1.165) is 18.9 Å². The monoisotopic (exact) mass is 410 g/mol. The van der Waals surface area contributed by atoms with Gasteiger partial charge in [-0.3, -0.25) is 4.79 Å². The van der Waals surface area contributed by atoms with E-state index in [1.165, 1.54) is 12.1 Å². The first-order valence-corrected chi connectivity index (χ1v) is 8.86. The Morgan fingerprint density at radius 3 is 2.41 bits per heavy atom. The SMILES string of the molecule is NC(=O)Cc1ccc(/C(=N\OCC2CC2)c2c(OC(F)F)ccc(F)c2F)cc1. The predicted molar refractivity (Wildman–Crippen MR) is 96.6 cm³/mol. The number of alkyl halides is 2. The van der Waals surface area contributed by atoms with Gasteiger partial charge in [0.05, 0.1) is 12.0 Å². The van der Waals surface area contributed by atoms with E-state index in [0.29, 0.717) is 17.5 Å². The van der Waals surface area contributed by atoms with Gasteiger partial charge < -0.3 is 15.3 Å². The minimum absolute atomic E-state index is 0.0149. The largest absolute Gasteiger partial charge is 0.434 e. The Balaban J connectivity index is 2.03. The minimum Gasteiger partial charge on any atom is -0.434 e. The molecule has 154 valence electrons. The van der Waals surface area contributed by atoms with Gasteiger partial charge in [-0.2, -0.15) is 8.78 Å². The number of carbonyl (C=O) groups excluding carboxylic acids is 1. The smallest absolute Gasteiger partial charge is 0.387 e. The van der Waals surface area contributed by atoms with Gasteiger partial charge in [0.25, 0.3) is 0 Å². The van der Waals surface area contributed by atoms with Crippen molar-refractivity contribution in [3.05, 3.63) is 64.7 Å². The van der Waals surface area contributed by atoms with Gasteiger partial charge >= 0.3 is 6.61 Å². The molecule has 1 aliphatic rings. The lowest BCUT2D eigenvalue weighted by Crippen LogP contribution is -2.15. The third-order valence-corrected chi connectivity index (χ3v) is 4.28. The van der Waals surface area contributed by atoms with Crippen molar-refractivity contribution < 1.29 is 31.9 Å². The fourth-order valence-corrected chi connectivity index (χ4v) is 2.66. The van der Waals surface area contributed by atoms with Crippen LogP contribution >= 0.6 is 0 Å². The Hall–Kier alpha value is -3.10. The maximum absolute atomic E-state index is 14.6. The van der Waals surface area contributed by atoms with Crippen molar-refractivity contribution in [1.82, 2.24) is 0 Å². The van der Waals surface area contributed by atoms with E-state index in [2.05, 4.69) is 9.89 Å². The highest BCUT2D eigenvalue weighted by molar-refractivity contribution is 6.14. The van der Waals surface area contributed by atoms with E-state index in [-0.39, 0.29) is 24.3 Å². The number of nitrogens with zero attached hydrogens (tertiary/aromatic N) is 1. The van der Waals surface area contributed by atoms with Gasteiger partial charge in [0.2, 0.25) is 5.91 Å². The van der Waals surface area contributed by atoms with Gasteiger partial charge in [0.1, 0.15) is 18.1 Å². The zero-order chi connectivity index (χ0) is 21.0. The summed E-state index contributed by atoms with van der Waals surface area (Å²) in [6.07, 6.45) is 1.93. The molecule has 0 bridgehead atoms. The maximum Gasteiger partial charge on any atom is 0.387 e. The Morgan fingerprint density at radius 2 is 1.83 bits per heavy atom. The molecule has 0 heterocycles. The molecule has 1 saturated carbocycles. The number of carbonyl (C=O) groups is 1. The van der Waals surface area contributed by atoms with Crippen LogP contribution in [0.5, 0.6) is 5.75 Å². The van der Waals surface area contributed by atoms with E-state index in [1.807, 2.05) is 0 Å². The van der Waals surface area contributed by atoms with Crippen molar-refractivity contribution in [1.29, 1.82) is 0 Å². The summed E-state index contributed by atoms with van der Waals surface area (Å²) in [5, 5.41) is 3.90. The van der Waals surface area contributed by atoms with Crippen molar-refractivity contribution in [3.8, 4) is 5.75 Å². The quantitative estimate of drug-likeness (QED) is 0.389. The highest BCUT2D eigenvalue weighted by Gasteiger charge is 2.25. The summed E-state index contributed by atoms with van der Waals surface area (Å²) in [6.45, 7) is -2.98. The summed E-state index contributed by atoms with van der Waals surface area (Å²) in [7, 11) is 0. The average Bonchev–Trinajstić information content (AvgIpc) is 3.47. The molecule has 1 amide bonds. The van der Waals surface area contributed by atoms with Gasteiger partial charge in [-0.1, -0.05) is 29.4 Å². The Labute approximate surface area is 164 Å². The van der Waals surface area contributed by atoms with E-state index >= 15 is 0 Å². The van der Waals surface area contributed by atoms with Gasteiger partial charge in [-0.15, -0.1) is 0 Å². The number of ether oxygens (including phenoxy) is 1. The summed E-state index contributed by atoms with van der Waals surface area (Å²) in [4.78, 5) is 16.3. The number of rotatable bonds is 9. The lowest BCUT2D eigenvalue weighted by molar-refractivity contribution is -0.117. The number of oxime groups is 1. The highest BCUT2D eigenvalue weighted by atomic mass is 19.3. The van der Waals surface area contributed by atoms with Gasteiger partial charge in [0, 0.05) is 5.56 Å². The average molecular weight is 410 g/mol. The van der Waals surface area contributed by atoms with Gasteiger partial charge in [0.15, 0.2) is 11.6 Å². The van der Waals surface area contributed by atoms with Crippen LogP contribution in [0, 0.1) is 17.6 Å². The molecule has 0 radical (unpaired) electrons. The number of halogens is 4. The number of amides is 1. The molecular weight excluding hydrogens is 392 g/mol. The summed E-state index contributed by atoms with van der Waals surface area (Å²) < 4.78 is 58.4. The molecule has 2 aromatic carbocycles. The summed E-state index contributed by atoms with van der Waals surface area (Å²) in [5.74, 6) is -3.43. The number of nitrogens with two attached hydrogens (primary N) is 1. The van der Waals surface area contributed by atoms with Crippen molar-refractivity contribution in [3.63, 3.8) is 0 Å². The fourth-order valence-electron chi connectivity index (χ4n) is 2.66. The van der Waals surface area contributed by atoms with Crippen LogP contribution < -0.4 is 10.5 Å². The first-order chi connectivity index (χ1) is 13.8. The molecule has 29 heavy (non-hydrogen) atoms. The molecule has 2 N–H and O–H groups in total. The molecule has 3 rings (SSSR count). The normalized spacial score (nSPS) is 14.2. The number of hydrogen-bond acceptors (Lipinski definition) is 4. The Kier molecular flexibility index (Phi) is 6.36. The molecule has 1 aliphatic carbocycles. The third-order valence-electron chi connectivity index (χ3n) is 4.28. The molecule has 9 heteroatoms. The van der Waals surface area contributed by atoms with Crippen LogP contribution in [0.3, 0.4) is 0 Å². The summed E-state index contributed by atoms with van der Waals surface area (Å²) >= 11 is 0. The van der Waals surface area contributed by atoms with E-state index in [1.54, 1.807) is 12.1 Å². The molecule has 2 aromatic rings. The van der Waals surface area contributed by atoms with Crippen molar-refractivity contribution in [2.75, 3.05) is 6.61 Å². The van der Waals surface area contributed by atoms with Crippen molar-refractivity contribution in [2.45, 2.75) is 25.9 Å². The van der Waals surface area contributed by atoms with Crippen LogP contribution in [0.25, 0.3) is 0 Å². The van der Waals surface area contributed by atoms with Crippen LogP contribution in [0.1, 0.15) is 29.5 Å². The molecule has 0 aliphatic heterocycles. The molecule has 0 aromatic heterocycles. The van der Waals surface area contributed by atoms with Crippen molar-refractivity contribution >= 4 is 11.6 Å². The lowest BCUT2D eigenvalue weighted by atomic mass is 9.99. The second-order valence-electron chi connectivity index (χ2n) is 6.63.